The lowest BCUT2D eigenvalue weighted by atomic mass is 9.90. The highest BCUT2D eigenvalue weighted by molar-refractivity contribution is 7.89. The lowest BCUT2D eigenvalue weighted by Gasteiger charge is -2.33. The summed E-state index contributed by atoms with van der Waals surface area (Å²) in [6, 6.07) is 2.42. The molecule has 2 fully saturated rings. The maximum atomic E-state index is 13.2. The monoisotopic (exact) mass is 302 g/mol. The summed E-state index contributed by atoms with van der Waals surface area (Å²) in [5.41, 5.74) is 0. The zero-order valence-electron chi connectivity index (χ0n) is 10.9. The third-order valence-electron chi connectivity index (χ3n) is 4.14. The van der Waals surface area contributed by atoms with Crippen molar-refractivity contribution in [2.75, 3.05) is 26.2 Å². The molecule has 1 aromatic carbocycles. The van der Waals surface area contributed by atoms with Gasteiger partial charge in [-0.3, -0.25) is 0 Å². The van der Waals surface area contributed by atoms with Gasteiger partial charge in [-0.1, -0.05) is 0 Å². The lowest BCUT2D eigenvalue weighted by molar-refractivity contribution is 0.228. The van der Waals surface area contributed by atoms with E-state index in [0.717, 1.165) is 31.6 Å². The van der Waals surface area contributed by atoms with Gasteiger partial charge in [0.1, 0.15) is 11.6 Å². The van der Waals surface area contributed by atoms with E-state index in [4.69, 9.17) is 0 Å². The Kier molecular flexibility index (Phi) is 3.51. The molecule has 1 N–H and O–H groups in total. The van der Waals surface area contributed by atoms with E-state index in [1.165, 1.54) is 4.31 Å². The lowest BCUT2D eigenvalue weighted by Crippen LogP contribution is -2.43. The van der Waals surface area contributed by atoms with Gasteiger partial charge in [0, 0.05) is 19.2 Å². The first kappa shape index (κ1) is 13.9. The second-order valence-corrected chi connectivity index (χ2v) is 7.37. The van der Waals surface area contributed by atoms with Gasteiger partial charge in [0.15, 0.2) is 0 Å². The van der Waals surface area contributed by atoms with E-state index in [9.17, 15) is 17.2 Å². The van der Waals surface area contributed by atoms with Crippen LogP contribution in [0.3, 0.4) is 0 Å². The molecule has 3 rings (SSSR count). The van der Waals surface area contributed by atoms with Gasteiger partial charge < -0.3 is 5.32 Å². The van der Waals surface area contributed by atoms with Crippen molar-refractivity contribution in [3.05, 3.63) is 29.8 Å². The molecule has 1 aromatic rings. The van der Waals surface area contributed by atoms with Crippen LogP contribution in [0, 0.1) is 23.5 Å². The van der Waals surface area contributed by atoms with Crippen molar-refractivity contribution in [3.63, 3.8) is 0 Å². The van der Waals surface area contributed by atoms with Crippen LogP contribution in [0.5, 0.6) is 0 Å². The van der Waals surface area contributed by atoms with Crippen LogP contribution in [0.1, 0.15) is 6.42 Å². The van der Waals surface area contributed by atoms with Crippen molar-refractivity contribution in [2.45, 2.75) is 11.3 Å². The normalized spacial score (nSPS) is 27.5. The minimum Gasteiger partial charge on any atom is -0.316 e. The van der Waals surface area contributed by atoms with Crippen molar-refractivity contribution in [3.8, 4) is 0 Å². The predicted molar refractivity (Wildman–Crippen MR) is 69.6 cm³/mol. The van der Waals surface area contributed by atoms with Gasteiger partial charge in [0.25, 0.3) is 0 Å². The molecule has 2 heterocycles. The van der Waals surface area contributed by atoms with E-state index in [2.05, 4.69) is 5.32 Å². The maximum Gasteiger partial charge on any atom is 0.243 e. The molecule has 0 radical (unpaired) electrons. The number of fused-ring (bicyclic) bond motifs is 1. The molecule has 2 aliphatic heterocycles. The molecule has 4 nitrogen and oxygen atoms in total. The Hall–Kier alpha value is -1.05. The minimum atomic E-state index is -3.82. The Balaban J connectivity index is 1.88. The van der Waals surface area contributed by atoms with Gasteiger partial charge in [0.05, 0.1) is 4.90 Å². The average molecular weight is 302 g/mol. The van der Waals surface area contributed by atoms with Gasteiger partial charge in [-0.05, 0) is 43.5 Å². The van der Waals surface area contributed by atoms with E-state index < -0.39 is 21.7 Å². The minimum absolute atomic E-state index is 0.289. The second-order valence-electron chi connectivity index (χ2n) is 5.44. The summed E-state index contributed by atoms with van der Waals surface area (Å²) in [6.07, 6.45) is 0.786. The SMILES string of the molecule is O=S(=O)(c1cc(F)cc(F)c1)N1CCC2CNCC2C1. The molecule has 2 unspecified atom stereocenters. The molecular weight excluding hydrogens is 286 g/mol. The van der Waals surface area contributed by atoms with Gasteiger partial charge in [0.2, 0.25) is 10.0 Å². The topological polar surface area (TPSA) is 49.4 Å². The summed E-state index contributed by atoms with van der Waals surface area (Å²) in [4.78, 5) is -0.306. The number of nitrogens with zero attached hydrogens (tertiary/aromatic N) is 1. The quantitative estimate of drug-likeness (QED) is 0.893. The van der Waals surface area contributed by atoms with Crippen molar-refractivity contribution < 1.29 is 17.2 Å². The molecule has 0 spiro atoms. The van der Waals surface area contributed by atoms with Crippen LogP contribution in [0.15, 0.2) is 23.1 Å². The van der Waals surface area contributed by atoms with E-state index in [1.54, 1.807) is 0 Å². The van der Waals surface area contributed by atoms with E-state index in [-0.39, 0.29) is 10.8 Å². The highest BCUT2D eigenvalue weighted by Gasteiger charge is 2.37. The van der Waals surface area contributed by atoms with E-state index in [0.29, 0.717) is 25.1 Å². The summed E-state index contributed by atoms with van der Waals surface area (Å²) < 4.78 is 52.7. The fraction of sp³-hybridized carbons (Fsp3) is 0.538. The molecule has 0 saturated carbocycles. The number of piperidine rings is 1. The molecule has 0 amide bonds. The molecule has 0 aromatic heterocycles. The molecule has 7 heteroatoms. The fourth-order valence-electron chi connectivity index (χ4n) is 3.05. The van der Waals surface area contributed by atoms with Crippen molar-refractivity contribution in [1.82, 2.24) is 9.62 Å². The van der Waals surface area contributed by atoms with Crippen LogP contribution >= 0.6 is 0 Å². The van der Waals surface area contributed by atoms with Gasteiger partial charge in [-0.15, -0.1) is 0 Å². The molecule has 110 valence electrons. The van der Waals surface area contributed by atoms with Gasteiger partial charge in [-0.25, -0.2) is 17.2 Å². The van der Waals surface area contributed by atoms with Crippen molar-refractivity contribution in [1.29, 1.82) is 0 Å². The second kappa shape index (κ2) is 5.05. The maximum absolute atomic E-state index is 13.2. The Morgan fingerprint density at radius 2 is 1.75 bits per heavy atom. The van der Waals surface area contributed by atoms with Crippen LogP contribution in [0.2, 0.25) is 0 Å². The highest BCUT2D eigenvalue weighted by Crippen LogP contribution is 2.30. The molecule has 0 bridgehead atoms. The Morgan fingerprint density at radius 3 is 2.45 bits per heavy atom. The summed E-state index contributed by atoms with van der Waals surface area (Å²) in [5.74, 6) is -0.954. The number of nitrogens with one attached hydrogen (secondary N) is 1. The number of rotatable bonds is 2. The molecular formula is C13H16F2N2O2S. The zero-order valence-corrected chi connectivity index (χ0v) is 11.7. The average Bonchev–Trinajstić information content (AvgIpc) is 2.84. The van der Waals surface area contributed by atoms with Crippen molar-refractivity contribution in [2.24, 2.45) is 11.8 Å². The first-order valence-electron chi connectivity index (χ1n) is 6.64. The number of sulfonamides is 1. The fourth-order valence-corrected chi connectivity index (χ4v) is 4.60. The molecule has 2 saturated heterocycles. The van der Waals surface area contributed by atoms with E-state index >= 15 is 0 Å². The highest BCUT2D eigenvalue weighted by atomic mass is 32.2. The number of hydrogen-bond acceptors (Lipinski definition) is 3. The Morgan fingerprint density at radius 1 is 1.10 bits per heavy atom. The third-order valence-corrected chi connectivity index (χ3v) is 5.98. The number of halogens is 2. The number of benzene rings is 1. The van der Waals surface area contributed by atoms with Crippen LogP contribution in [-0.2, 0) is 10.0 Å². The smallest absolute Gasteiger partial charge is 0.243 e. The van der Waals surface area contributed by atoms with Crippen LogP contribution in [-0.4, -0.2) is 38.9 Å². The zero-order chi connectivity index (χ0) is 14.3. The van der Waals surface area contributed by atoms with Gasteiger partial charge in [-0.2, -0.15) is 4.31 Å². The van der Waals surface area contributed by atoms with Crippen LogP contribution in [0.4, 0.5) is 8.78 Å². The predicted octanol–water partition coefficient (Wildman–Crippen LogP) is 1.19. The largest absolute Gasteiger partial charge is 0.316 e. The van der Waals surface area contributed by atoms with Crippen molar-refractivity contribution >= 4 is 10.0 Å². The van der Waals surface area contributed by atoms with Crippen LogP contribution in [0.25, 0.3) is 0 Å². The Bertz CT molecular complexity index is 601. The summed E-state index contributed by atoms with van der Waals surface area (Å²) in [7, 11) is -3.82. The Labute approximate surface area is 116 Å². The molecule has 2 aliphatic rings. The molecule has 20 heavy (non-hydrogen) atoms. The first-order chi connectivity index (χ1) is 9.46. The first-order valence-corrected chi connectivity index (χ1v) is 8.08. The standard InChI is InChI=1S/C13H16F2N2O2S/c14-11-3-12(15)5-13(4-11)20(18,19)17-2-1-9-6-16-7-10(9)8-17/h3-5,9-10,16H,1-2,6-8H2. The van der Waals surface area contributed by atoms with E-state index in [1.807, 2.05) is 0 Å². The van der Waals surface area contributed by atoms with Gasteiger partial charge >= 0.3 is 0 Å². The molecule has 2 atom stereocenters. The number of hydrogen-bond donors (Lipinski definition) is 1. The summed E-state index contributed by atoms with van der Waals surface area (Å²) in [5, 5.41) is 3.25. The summed E-state index contributed by atoms with van der Waals surface area (Å²) >= 11 is 0. The third kappa shape index (κ3) is 2.45. The van der Waals surface area contributed by atoms with Crippen LogP contribution < -0.4 is 5.32 Å². The molecule has 0 aliphatic carbocycles. The summed E-state index contributed by atoms with van der Waals surface area (Å²) in [6.45, 7) is 2.54.